The van der Waals surface area contributed by atoms with E-state index in [4.69, 9.17) is 4.74 Å². The Morgan fingerprint density at radius 1 is 1.29 bits per heavy atom. The van der Waals surface area contributed by atoms with Crippen LogP contribution in [0.5, 0.6) is 0 Å². The summed E-state index contributed by atoms with van der Waals surface area (Å²) in [4.78, 5) is 24.0. The number of amides is 1. The second kappa shape index (κ2) is 7.49. The predicted octanol–water partition coefficient (Wildman–Crippen LogP) is 1.15. The molecule has 24 heavy (non-hydrogen) atoms. The number of carbonyl (C=O) groups excluding carboxylic acids is 1. The van der Waals surface area contributed by atoms with Crippen LogP contribution in [0.4, 0.5) is 5.82 Å². The third kappa shape index (κ3) is 3.70. The minimum absolute atomic E-state index is 0.137. The van der Waals surface area contributed by atoms with E-state index in [1.807, 2.05) is 30.0 Å². The topological polar surface area (TPSA) is 48.9 Å². The number of pyridine rings is 1. The van der Waals surface area contributed by atoms with Crippen LogP contribution in [0.3, 0.4) is 0 Å². The molecule has 0 aromatic carbocycles. The Morgan fingerprint density at radius 2 is 2.12 bits per heavy atom. The summed E-state index contributed by atoms with van der Waals surface area (Å²) in [6, 6.07) is 6.25. The fourth-order valence-electron chi connectivity index (χ4n) is 3.52. The van der Waals surface area contributed by atoms with Crippen LogP contribution in [-0.4, -0.2) is 78.7 Å². The van der Waals surface area contributed by atoms with Gasteiger partial charge in [0.2, 0.25) is 0 Å². The van der Waals surface area contributed by atoms with Crippen LogP contribution in [0, 0.1) is 6.92 Å². The smallest absolute Gasteiger partial charge is 0.253 e. The molecule has 2 saturated heterocycles. The van der Waals surface area contributed by atoms with Gasteiger partial charge in [-0.15, -0.1) is 0 Å². The van der Waals surface area contributed by atoms with Gasteiger partial charge in [-0.25, -0.2) is 4.98 Å². The molecular formula is C18H28N4O2. The maximum atomic E-state index is 12.9. The number of hydrogen-bond donors (Lipinski definition) is 0. The maximum absolute atomic E-state index is 12.9. The minimum Gasteiger partial charge on any atom is -0.366 e. The Bertz CT molecular complexity index is 580. The summed E-state index contributed by atoms with van der Waals surface area (Å²) >= 11 is 0. The van der Waals surface area contributed by atoms with Crippen molar-refractivity contribution in [1.29, 1.82) is 0 Å². The van der Waals surface area contributed by atoms with Gasteiger partial charge in [0.15, 0.2) is 0 Å². The van der Waals surface area contributed by atoms with Crippen molar-refractivity contribution in [2.75, 3.05) is 50.8 Å². The van der Waals surface area contributed by atoms with Crippen molar-refractivity contribution >= 4 is 11.7 Å². The van der Waals surface area contributed by atoms with Gasteiger partial charge in [0.05, 0.1) is 6.61 Å². The number of likely N-dealkylation sites (N-methyl/N-ethyl adjacent to an activating group) is 1. The van der Waals surface area contributed by atoms with E-state index in [1.54, 1.807) is 0 Å². The first kappa shape index (κ1) is 17.2. The predicted molar refractivity (Wildman–Crippen MR) is 94.2 cm³/mol. The lowest BCUT2D eigenvalue weighted by Crippen LogP contribution is -2.59. The monoisotopic (exact) mass is 332 g/mol. The van der Waals surface area contributed by atoms with Crippen LogP contribution in [0.15, 0.2) is 18.2 Å². The fraction of sp³-hybridized carbons (Fsp3) is 0.667. The van der Waals surface area contributed by atoms with Gasteiger partial charge in [-0.05, 0) is 32.5 Å². The van der Waals surface area contributed by atoms with E-state index in [-0.39, 0.29) is 18.1 Å². The molecule has 3 rings (SSSR count). The Morgan fingerprint density at radius 3 is 2.83 bits per heavy atom. The summed E-state index contributed by atoms with van der Waals surface area (Å²) in [5.41, 5.74) is 1.02. The van der Waals surface area contributed by atoms with E-state index >= 15 is 0 Å². The van der Waals surface area contributed by atoms with Crippen molar-refractivity contribution in [3.8, 4) is 0 Å². The second-order valence-electron chi connectivity index (χ2n) is 6.72. The zero-order valence-corrected chi connectivity index (χ0v) is 14.9. The molecule has 1 aromatic rings. The summed E-state index contributed by atoms with van der Waals surface area (Å²) in [6.45, 7) is 11.8. The molecule has 3 heterocycles. The molecule has 6 nitrogen and oxygen atoms in total. The van der Waals surface area contributed by atoms with Gasteiger partial charge < -0.3 is 14.5 Å². The molecule has 2 aliphatic heterocycles. The Kier molecular flexibility index (Phi) is 5.36. The number of ether oxygens (including phenoxy) is 1. The van der Waals surface area contributed by atoms with E-state index < -0.39 is 0 Å². The Balaban J connectivity index is 1.62. The summed E-state index contributed by atoms with van der Waals surface area (Å²) in [5, 5.41) is 0. The standard InChI is InChI=1S/C18H28N4O2/c1-4-20-10-11-24-16(13-20)18(23)22-9-8-21(12-15(22)3)17-7-5-6-14(2)19-17/h5-7,15-16H,4,8-13H2,1-3H3. The molecule has 2 aliphatic rings. The molecule has 0 radical (unpaired) electrons. The summed E-state index contributed by atoms with van der Waals surface area (Å²) in [5.74, 6) is 1.14. The first-order valence-corrected chi connectivity index (χ1v) is 8.91. The van der Waals surface area contributed by atoms with Crippen molar-refractivity contribution in [2.24, 2.45) is 0 Å². The van der Waals surface area contributed by atoms with Crippen LogP contribution in [0.25, 0.3) is 0 Å². The summed E-state index contributed by atoms with van der Waals surface area (Å²) in [6.07, 6.45) is -0.315. The molecule has 0 N–H and O–H groups in total. The number of aryl methyl sites for hydroxylation is 1. The van der Waals surface area contributed by atoms with E-state index in [1.165, 1.54) is 0 Å². The average molecular weight is 332 g/mol. The second-order valence-corrected chi connectivity index (χ2v) is 6.72. The SMILES string of the molecule is CCN1CCOC(C(=O)N2CCN(c3cccc(C)n3)CC2C)C1. The molecule has 6 heteroatoms. The normalized spacial score (nSPS) is 25.8. The van der Waals surface area contributed by atoms with Gasteiger partial charge in [-0.1, -0.05) is 13.0 Å². The van der Waals surface area contributed by atoms with Gasteiger partial charge in [-0.2, -0.15) is 0 Å². The molecule has 0 bridgehead atoms. The lowest BCUT2D eigenvalue weighted by atomic mass is 10.1. The zero-order valence-electron chi connectivity index (χ0n) is 14.9. The first-order valence-electron chi connectivity index (χ1n) is 8.91. The van der Waals surface area contributed by atoms with Crippen molar-refractivity contribution in [3.63, 3.8) is 0 Å². The molecule has 0 spiro atoms. The zero-order chi connectivity index (χ0) is 17.1. The van der Waals surface area contributed by atoms with Crippen LogP contribution < -0.4 is 4.90 Å². The lowest BCUT2D eigenvalue weighted by molar-refractivity contribution is -0.151. The van der Waals surface area contributed by atoms with E-state index in [9.17, 15) is 4.79 Å². The number of aromatic nitrogens is 1. The van der Waals surface area contributed by atoms with Crippen molar-refractivity contribution in [3.05, 3.63) is 23.9 Å². The number of carbonyl (C=O) groups is 1. The van der Waals surface area contributed by atoms with Gasteiger partial charge in [0.25, 0.3) is 5.91 Å². The molecule has 0 aliphatic carbocycles. The highest BCUT2D eigenvalue weighted by Crippen LogP contribution is 2.19. The molecule has 2 fully saturated rings. The van der Waals surface area contributed by atoms with Crippen LogP contribution >= 0.6 is 0 Å². The number of hydrogen-bond acceptors (Lipinski definition) is 5. The molecule has 2 atom stereocenters. The van der Waals surface area contributed by atoms with Gasteiger partial charge in [-0.3, -0.25) is 9.69 Å². The lowest BCUT2D eigenvalue weighted by Gasteiger charge is -2.43. The van der Waals surface area contributed by atoms with Crippen LogP contribution in [0.1, 0.15) is 19.5 Å². The average Bonchev–Trinajstić information content (AvgIpc) is 2.61. The highest BCUT2D eigenvalue weighted by atomic mass is 16.5. The number of nitrogens with zero attached hydrogens (tertiary/aromatic N) is 4. The highest BCUT2D eigenvalue weighted by Gasteiger charge is 2.34. The quantitative estimate of drug-likeness (QED) is 0.831. The molecule has 2 unspecified atom stereocenters. The minimum atomic E-state index is -0.315. The first-order chi connectivity index (χ1) is 11.6. The van der Waals surface area contributed by atoms with Crippen molar-refractivity contribution in [1.82, 2.24) is 14.8 Å². The van der Waals surface area contributed by atoms with Gasteiger partial charge in [0.1, 0.15) is 11.9 Å². The van der Waals surface area contributed by atoms with Crippen LogP contribution in [-0.2, 0) is 9.53 Å². The number of anilines is 1. The molecular weight excluding hydrogens is 304 g/mol. The molecule has 0 saturated carbocycles. The largest absolute Gasteiger partial charge is 0.366 e. The van der Waals surface area contributed by atoms with Gasteiger partial charge in [0, 0.05) is 44.5 Å². The van der Waals surface area contributed by atoms with E-state index in [0.29, 0.717) is 13.2 Å². The Labute approximate surface area is 144 Å². The third-order valence-corrected chi connectivity index (χ3v) is 4.98. The summed E-state index contributed by atoms with van der Waals surface area (Å²) < 4.78 is 5.74. The fourth-order valence-corrected chi connectivity index (χ4v) is 3.52. The number of morpholine rings is 1. The molecule has 1 aromatic heterocycles. The number of rotatable bonds is 3. The highest BCUT2D eigenvalue weighted by molar-refractivity contribution is 5.82. The van der Waals surface area contributed by atoms with Crippen molar-refractivity contribution < 1.29 is 9.53 Å². The van der Waals surface area contributed by atoms with Crippen LogP contribution in [0.2, 0.25) is 0 Å². The van der Waals surface area contributed by atoms with Gasteiger partial charge >= 0.3 is 0 Å². The maximum Gasteiger partial charge on any atom is 0.253 e. The molecule has 132 valence electrons. The third-order valence-electron chi connectivity index (χ3n) is 4.98. The Hall–Kier alpha value is -1.66. The van der Waals surface area contributed by atoms with E-state index in [2.05, 4.69) is 28.6 Å². The molecule has 1 amide bonds. The summed E-state index contributed by atoms with van der Waals surface area (Å²) in [7, 11) is 0. The van der Waals surface area contributed by atoms with E-state index in [0.717, 1.165) is 44.2 Å². The van der Waals surface area contributed by atoms with Crippen molar-refractivity contribution in [2.45, 2.75) is 32.9 Å². The number of piperazine rings is 1.